The number of hydrogen-bond acceptors (Lipinski definition) is 9. The van der Waals surface area contributed by atoms with Gasteiger partial charge in [0, 0.05) is 23.9 Å². The van der Waals surface area contributed by atoms with Gasteiger partial charge in [0.1, 0.15) is 28.5 Å². The predicted molar refractivity (Wildman–Crippen MR) is 113 cm³/mol. The lowest BCUT2D eigenvalue weighted by Gasteiger charge is -2.14. The summed E-state index contributed by atoms with van der Waals surface area (Å²) in [6, 6.07) is 9.75. The van der Waals surface area contributed by atoms with Crippen LogP contribution in [-0.4, -0.2) is 45.1 Å². The van der Waals surface area contributed by atoms with E-state index in [1.54, 1.807) is 30.5 Å². The van der Waals surface area contributed by atoms with E-state index >= 15 is 0 Å². The zero-order valence-electron chi connectivity index (χ0n) is 16.8. The highest BCUT2D eigenvalue weighted by molar-refractivity contribution is 7.93. The van der Waals surface area contributed by atoms with Gasteiger partial charge in [-0.2, -0.15) is 5.10 Å². The molecule has 0 atom stereocenters. The van der Waals surface area contributed by atoms with E-state index in [0.717, 1.165) is 0 Å². The second-order valence-corrected chi connectivity index (χ2v) is 7.89. The van der Waals surface area contributed by atoms with Gasteiger partial charge in [-0.1, -0.05) is 11.2 Å². The fourth-order valence-corrected chi connectivity index (χ4v) is 4.41. The third kappa shape index (κ3) is 3.80. The Kier molecular flexibility index (Phi) is 5.29. The molecule has 2 heterocycles. The maximum Gasteiger partial charge on any atom is 0.270 e. The summed E-state index contributed by atoms with van der Waals surface area (Å²) in [5.41, 5.74) is 0.941. The van der Waals surface area contributed by atoms with Crippen LogP contribution in [0.5, 0.6) is 17.2 Å². The van der Waals surface area contributed by atoms with Crippen LogP contribution in [0.15, 0.2) is 52.0 Å². The summed E-state index contributed by atoms with van der Waals surface area (Å²) in [6.07, 6.45) is 1.60. The van der Waals surface area contributed by atoms with Gasteiger partial charge in [-0.3, -0.25) is 9.82 Å². The minimum Gasteiger partial charge on any atom is -0.496 e. The number of nitrogens with one attached hydrogen (secondary N) is 3. The lowest BCUT2D eigenvalue weighted by Crippen LogP contribution is -2.15. The number of rotatable bonds is 8. The first-order chi connectivity index (χ1) is 15.0. The molecule has 162 valence electrons. The Morgan fingerprint density at radius 2 is 1.71 bits per heavy atom. The molecule has 0 spiro atoms. The van der Waals surface area contributed by atoms with E-state index in [1.165, 1.54) is 33.5 Å². The Labute approximate surface area is 177 Å². The van der Waals surface area contributed by atoms with Crippen LogP contribution >= 0.6 is 0 Å². The molecule has 0 bridgehead atoms. The maximum absolute atomic E-state index is 13.2. The highest BCUT2D eigenvalue weighted by Gasteiger charge is 2.28. The molecule has 2 aromatic heterocycles. The number of H-pyrrole nitrogens is 1. The molecule has 0 saturated carbocycles. The number of anilines is 3. The number of aromatic nitrogens is 3. The molecule has 12 heteroatoms. The number of methoxy groups -OCH3 is 3. The topological polar surface area (TPSA) is 141 Å². The fourth-order valence-electron chi connectivity index (χ4n) is 3.08. The molecule has 4 rings (SSSR count). The zero-order valence-corrected chi connectivity index (χ0v) is 17.6. The summed E-state index contributed by atoms with van der Waals surface area (Å²) >= 11 is 0. The van der Waals surface area contributed by atoms with E-state index < -0.39 is 10.0 Å². The highest BCUT2D eigenvalue weighted by Crippen LogP contribution is 2.39. The standard InChI is InChI=1S/C19H19N5O6S/c1-27-12-5-4-6-13(28-2)18(12)31(25,26)24-19-17-14(29-3)9-11(10-15(17)30-23-19)21-16-7-8-20-22-16/h4-10H,1-3H3,(H,23,24)(H2,20,21,22). The van der Waals surface area contributed by atoms with Crippen LogP contribution in [0.3, 0.4) is 0 Å². The number of nitrogens with zero attached hydrogens (tertiary/aromatic N) is 2. The van der Waals surface area contributed by atoms with Gasteiger partial charge in [-0.25, -0.2) is 8.42 Å². The number of hydrogen-bond donors (Lipinski definition) is 3. The minimum atomic E-state index is -4.14. The molecule has 0 aliphatic rings. The summed E-state index contributed by atoms with van der Waals surface area (Å²) in [6.45, 7) is 0. The molecule has 0 fully saturated rings. The molecular formula is C19H19N5O6S. The molecule has 0 aliphatic carbocycles. The van der Waals surface area contributed by atoms with Crippen LogP contribution in [0.1, 0.15) is 0 Å². The number of fused-ring (bicyclic) bond motifs is 1. The number of sulfonamides is 1. The Morgan fingerprint density at radius 3 is 2.32 bits per heavy atom. The zero-order chi connectivity index (χ0) is 22.0. The molecule has 11 nitrogen and oxygen atoms in total. The van der Waals surface area contributed by atoms with Gasteiger partial charge in [0.25, 0.3) is 10.0 Å². The van der Waals surface area contributed by atoms with Gasteiger partial charge in [0.05, 0.1) is 27.5 Å². The minimum absolute atomic E-state index is 0.0344. The lowest BCUT2D eigenvalue weighted by atomic mass is 10.2. The van der Waals surface area contributed by atoms with Crippen LogP contribution in [0.2, 0.25) is 0 Å². The van der Waals surface area contributed by atoms with Gasteiger partial charge < -0.3 is 24.1 Å². The van der Waals surface area contributed by atoms with Crippen molar-refractivity contribution >= 4 is 38.3 Å². The first kappa shape index (κ1) is 20.3. The predicted octanol–water partition coefficient (Wildman–Crippen LogP) is 3.12. The fraction of sp³-hybridized carbons (Fsp3) is 0.158. The molecule has 0 amide bonds. The normalized spacial score (nSPS) is 11.3. The molecule has 0 saturated heterocycles. The summed E-state index contributed by atoms with van der Waals surface area (Å²) in [5.74, 6) is 1.22. The van der Waals surface area contributed by atoms with Gasteiger partial charge in [0.15, 0.2) is 16.3 Å². The van der Waals surface area contributed by atoms with E-state index in [2.05, 4.69) is 25.4 Å². The first-order valence-corrected chi connectivity index (χ1v) is 10.4. The van der Waals surface area contributed by atoms with Crippen molar-refractivity contribution < 1.29 is 27.2 Å². The van der Waals surface area contributed by atoms with Gasteiger partial charge in [0.2, 0.25) is 0 Å². The molecule has 0 unspecified atom stereocenters. The average Bonchev–Trinajstić information content (AvgIpc) is 3.42. The summed E-state index contributed by atoms with van der Waals surface area (Å²) < 4.78 is 50.0. The van der Waals surface area contributed by atoms with Crippen molar-refractivity contribution in [3.8, 4) is 17.2 Å². The number of benzene rings is 2. The third-order valence-electron chi connectivity index (χ3n) is 4.42. The Morgan fingerprint density at radius 1 is 1.00 bits per heavy atom. The van der Waals surface area contributed by atoms with Crippen molar-refractivity contribution in [3.63, 3.8) is 0 Å². The van der Waals surface area contributed by atoms with E-state index in [1.807, 2.05) is 0 Å². The molecule has 31 heavy (non-hydrogen) atoms. The molecule has 4 aromatic rings. The average molecular weight is 445 g/mol. The first-order valence-electron chi connectivity index (χ1n) is 8.94. The monoisotopic (exact) mass is 445 g/mol. The highest BCUT2D eigenvalue weighted by atomic mass is 32.2. The third-order valence-corrected chi connectivity index (χ3v) is 5.82. The maximum atomic E-state index is 13.2. The van der Waals surface area contributed by atoms with E-state index in [4.69, 9.17) is 18.7 Å². The van der Waals surface area contributed by atoms with Crippen molar-refractivity contribution in [2.75, 3.05) is 31.4 Å². The van der Waals surface area contributed by atoms with Gasteiger partial charge in [-0.05, 0) is 12.1 Å². The SMILES string of the molecule is COc1cccc(OC)c1S(=O)(=O)Nc1noc2cc(Nc3ccn[nH]3)cc(OC)c12. The number of ether oxygens (including phenoxy) is 3. The van der Waals surface area contributed by atoms with Crippen molar-refractivity contribution in [2.24, 2.45) is 0 Å². The van der Waals surface area contributed by atoms with E-state index in [-0.39, 0.29) is 22.2 Å². The Balaban J connectivity index is 1.76. The van der Waals surface area contributed by atoms with E-state index in [9.17, 15) is 8.42 Å². The molecule has 3 N–H and O–H groups in total. The molecule has 2 aromatic carbocycles. The van der Waals surface area contributed by atoms with Crippen LogP contribution in [0.25, 0.3) is 11.0 Å². The van der Waals surface area contributed by atoms with Gasteiger partial charge >= 0.3 is 0 Å². The number of aromatic amines is 1. The van der Waals surface area contributed by atoms with Crippen molar-refractivity contribution in [2.45, 2.75) is 4.90 Å². The van der Waals surface area contributed by atoms with Crippen molar-refractivity contribution in [1.29, 1.82) is 0 Å². The Hall–Kier alpha value is -3.93. The largest absolute Gasteiger partial charge is 0.496 e. The smallest absolute Gasteiger partial charge is 0.270 e. The van der Waals surface area contributed by atoms with Crippen molar-refractivity contribution in [3.05, 3.63) is 42.6 Å². The van der Waals surface area contributed by atoms with Crippen LogP contribution < -0.4 is 24.2 Å². The molecule has 0 aliphatic heterocycles. The lowest BCUT2D eigenvalue weighted by molar-refractivity contribution is 0.373. The molecular weight excluding hydrogens is 426 g/mol. The van der Waals surface area contributed by atoms with Crippen LogP contribution in [0.4, 0.5) is 17.3 Å². The van der Waals surface area contributed by atoms with Crippen LogP contribution in [0, 0.1) is 0 Å². The quantitative estimate of drug-likeness (QED) is 0.373. The summed E-state index contributed by atoms with van der Waals surface area (Å²) in [5, 5.41) is 14.0. The Bertz CT molecular complexity index is 1300. The van der Waals surface area contributed by atoms with Gasteiger partial charge in [-0.15, -0.1) is 0 Å². The van der Waals surface area contributed by atoms with Crippen LogP contribution in [-0.2, 0) is 10.0 Å². The summed E-state index contributed by atoms with van der Waals surface area (Å²) in [7, 11) is 0.0614. The van der Waals surface area contributed by atoms with Crippen molar-refractivity contribution in [1.82, 2.24) is 15.4 Å². The van der Waals surface area contributed by atoms with E-state index in [0.29, 0.717) is 28.2 Å². The molecule has 0 radical (unpaired) electrons. The second-order valence-electron chi connectivity index (χ2n) is 6.28. The summed E-state index contributed by atoms with van der Waals surface area (Å²) in [4.78, 5) is -0.160. The second kappa shape index (κ2) is 8.07.